The molecular weight excluding hydrogens is 228 g/mol. The molecule has 3 heterocycles. The fourth-order valence-electron chi connectivity index (χ4n) is 3.09. The van der Waals surface area contributed by atoms with Crippen LogP contribution in [-0.2, 0) is 6.42 Å². The number of hydrogen-bond acceptors (Lipinski definition) is 5. The summed E-state index contributed by atoms with van der Waals surface area (Å²) in [6.07, 6.45) is 7.62. The third kappa shape index (κ3) is 2.87. The molecule has 2 aliphatic rings. The molecule has 3 rings (SSSR count). The summed E-state index contributed by atoms with van der Waals surface area (Å²) in [5.41, 5.74) is 0. The summed E-state index contributed by atoms with van der Waals surface area (Å²) in [5, 5.41) is 19.4. The van der Waals surface area contributed by atoms with Gasteiger partial charge in [0.1, 0.15) is 0 Å². The SMILES string of the molecule is C1CCN(N2CCC(Cc3nn[nH]n3)CC2)CC1. The molecule has 0 amide bonds. The van der Waals surface area contributed by atoms with Gasteiger partial charge in [0.05, 0.1) is 0 Å². The first-order valence-corrected chi connectivity index (χ1v) is 7.14. The van der Waals surface area contributed by atoms with Crippen molar-refractivity contribution >= 4 is 0 Å². The number of hydrazine groups is 1. The fraction of sp³-hybridized carbons (Fsp3) is 0.917. The van der Waals surface area contributed by atoms with Crippen molar-refractivity contribution in [3.8, 4) is 0 Å². The molecule has 6 nitrogen and oxygen atoms in total. The van der Waals surface area contributed by atoms with Gasteiger partial charge in [-0.1, -0.05) is 11.6 Å². The predicted octanol–water partition coefficient (Wildman–Crippen LogP) is 0.855. The van der Waals surface area contributed by atoms with Gasteiger partial charge >= 0.3 is 0 Å². The van der Waals surface area contributed by atoms with Crippen molar-refractivity contribution in [3.05, 3.63) is 5.82 Å². The van der Waals surface area contributed by atoms with E-state index in [0.29, 0.717) is 0 Å². The van der Waals surface area contributed by atoms with E-state index in [2.05, 4.69) is 30.6 Å². The van der Waals surface area contributed by atoms with E-state index in [1.165, 1.54) is 58.3 Å². The van der Waals surface area contributed by atoms with E-state index in [9.17, 15) is 0 Å². The maximum absolute atomic E-state index is 4.05. The molecule has 0 atom stereocenters. The van der Waals surface area contributed by atoms with E-state index >= 15 is 0 Å². The van der Waals surface area contributed by atoms with Crippen molar-refractivity contribution in [3.63, 3.8) is 0 Å². The highest BCUT2D eigenvalue weighted by atomic mass is 15.6. The Morgan fingerprint density at radius 3 is 2.39 bits per heavy atom. The smallest absolute Gasteiger partial charge is 0.174 e. The number of hydrogen-bond donors (Lipinski definition) is 1. The molecule has 2 fully saturated rings. The van der Waals surface area contributed by atoms with Crippen molar-refractivity contribution < 1.29 is 0 Å². The fourth-order valence-corrected chi connectivity index (χ4v) is 3.09. The Morgan fingerprint density at radius 1 is 1.00 bits per heavy atom. The maximum atomic E-state index is 4.05. The Labute approximate surface area is 108 Å². The molecule has 2 aliphatic heterocycles. The number of aromatic nitrogens is 4. The zero-order valence-corrected chi connectivity index (χ0v) is 10.9. The molecule has 0 aromatic carbocycles. The average Bonchev–Trinajstić information content (AvgIpc) is 2.94. The van der Waals surface area contributed by atoms with E-state index in [4.69, 9.17) is 0 Å². The molecule has 0 spiro atoms. The lowest BCUT2D eigenvalue weighted by Crippen LogP contribution is -2.49. The lowest BCUT2D eigenvalue weighted by Gasteiger charge is -2.41. The number of aromatic amines is 1. The molecule has 18 heavy (non-hydrogen) atoms. The number of tetrazole rings is 1. The summed E-state index contributed by atoms with van der Waals surface area (Å²) in [6, 6.07) is 0. The van der Waals surface area contributed by atoms with Gasteiger partial charge in [-0.15, -0.1) is 10.2 Å². The largest absolute Gasteiger partial charge is 0.242 e. The van der Waals surface area contributed by atoms with Gasteiger partial charge in [-0.3, -0.25) is 0 Å². The number of H-pyrrole nitrogens is 1. The van der Waals surface area contributed by atoms with E-state index in [0.717, 1.165) is 18.2 Å². The first kappa shape index (κ1) is 12.0. The number of nitrogens with zero attached hydrogens (tertiary/aromatic N) is 5. The molecule has 0 aliphatic carbocycles. The topological polar surface area (TPSA) is 60.9 Å². The van der Waals surface area contributed by atoms with Gasteiger partial charge in [0, 0.05) is 32.6 Å². The van der Waals surface area contributed by atoms with Crippen LogP contribution >= 0.6 is 0 Å². The van der Waals surface area contributed by atoms with Crippen LogP contribution in [0.1, 0.15) is 37.9 Å². The molecule has 1 N–H and O–H groups in total. The van der Waals surface area contributed by atoms with Crippen LogP contribution in [-0.4, -0.2) is 56.8 Å². The van der Waals surface area contributed by atoms with Gasteiger partial charge in [0.2, 0.25) is 0 Å². The number of piperidine rings is 2. The molecule has 0 radical (unpaired) electrons. The van der Waals surface area contributed by atoms with Gasteiger partial charge in [0.25, 0.3) is 0 Å². The summed E-state index contributed by atoms with van der Waals surface area (Å²) in [4.78, 5) is 0. The van der Waals surface area contributed by atoms with Crippen LogP contribution in [0.3, 0.4) is 0 Å². The number of nitrogens with one attached hydrogen (secondary N) is 1. The van der Waals surface area contributed by atoms with E-state index in [-0.39, 0.29) is 0 Å². The van der Waals surface area contributed by atoms with Gasteiger partial charge < -0.3 is 0 Å². The Kier molecular flexibility index (Phi) is 3.85. The predicted molar refractivity (Wildman–Crippen MR) is 67.6 cm³/mol. The molecular formula is C12H22N6. The Morgan fingerprint density at radius 2 is 1.72 bits per heavy atom. The second-order valence-electron chi connectivity index (χ2n) is 5.44. The molecule has 2 saturated heterocycles. The summed E-state index contributed by atoms with van der Waals surface area (Å²) in [7, 11) is 0. The molecule has 6 heteroatoms. The first-order chi connectivity index (χ1) is 8.92. The number of rotatable bonds is 3. The van der Waals surface area contributed by atoms with E-state index in [1.54, 1.807) is 0 Å². The van der Waals surface area contributed by atoms with Crippen molar-refractivity contribution in [2.45, 2.75) is 38.5 Å². The van der Waals surface area contributed by atoms with Gasteiger partial charge in [0.15, 0.2) is 5.82 Å². The van der Waals surface area contributed by atoms with Crippen molar-refractivity contribution in [2.24, 2.45) is 5.92 Å². The first-order valence-electron chi connectivity index (χ1n) is 7.14. The van der Waals surface area contributed by atoms with Crippen LogP contribution in [0, 0.1) is 5.92 Å². The lowest BCUT2D eigenvalue weighted by atomic mass is 9.94. The molecule has 0 unspecified atom stereocenters. The monoisotopic (exact) mass is 250 g/mol. The normalized spacial score (nSPS) is 24.4. The minimum absolute atomic E-state index is 0.726. The quantitative estimate of drug-likeness (QED) is 0.862. The Balaban J connectivity index is 1.45. The van der Waals surface area contributed by atoms with E-state index in [1.807, 2.05) is 0 Å². The molecule has 100 valence electrons. The lowest BCUT2D eigenvalue weighted by molar-refractivity contribution is -0.0610. The summed E-state index contributed by atoms with van der Waals surface area (Å²) in [6.45, 7) is 4.91. The van der Waals surface area contributed by atoms with Gasteiger partial charge in [-0.25, -0.2) is 10.0 Å². The highest BCUT2D eigenvalue weighted by Gasteiger charge is 2.25. The summed E-state index contributed by atoms with van der Waals surface area (Å²) in [5.74, 6) is 1.59. The molecule has 0 bridgehead atoms. The van der Waals surface area contributed by atoms with Crippen LogP contribution in [0.25, 0.3) is 0 Å². The second kappa shape index (κ2) is 5.75. The minimum Gasteiger partial charge on any atom is -0.242 e. The van der Waals surface area contributed by atoms with Crippen LogP contribution in [0.4, 0.5) is 0 Å². The van der Waals surface area contributed by atoms with Crippen LogP contribution < -0.4 is 0 Å². The summed E-state index contributed by atoms with van der Waals surface area (Å²) >= 11 is 0. The van der Waals surface area contributed by atoms with Crippen molar-refractivity contribution in [1.29, 1.82) is 0 Å². The molecule has 0 saturated carbocycles. The van der Waals surface area contributed by atoms with E-state index < -0.39 is 0 Å². The third-order valence-corrected chi connectivity index (χ3v) is 4.18. The van der Waals surface area contributed by atoms with Crippen molar-refractivity contribution in [2.75, 3.05) is 26.2 Å². The third-order valence-electron chi connectivity index (χ3n) is 4.18. The van der Waals surface area contributed by atoms with Crippen LogP contribution in [0.15, 0.2) is 0 Å². The van der Waals surface area contributed by atoms with Crippen LogP contribution in [0.2, 0.25) is 0 Å². The van der Waals surface area contributed by atoms with Gasteiger partial charge in [-0.05, 0) is 31.6 Å². The summed E-state index contributed by atoms with van der Waals surface area (Å²) < 4.78 is 0. The second-order valence-corrected chi connectivity index (χ2v) is 5.44. The Hall–Kier alpha value is -1.01. The average molecular weight is 250 g/mol. The van der Waals surface area contributed by atoms with Gasteiger partial charge in [-0.2, -0.15) is 5.21 Å². The zero-order chi connectivity index (χ0) is 12.2. The standard InChI is InChI=1S/C12H22N6/c1-2-6-17(7-3-1)18-8-4-11(5-9-18)10-12-13-15-16-14-12/h11H,1-10H2,(H,13,14,15,16). The van der Waals surface area contributed by atoms with Crippen LogP contribution in [0.5, 0.6) is 0 Å². The Bertz CT molecular complexity index is 337. The zero-order valence-electron chi connectivity index (χ0n) is 10.9. The maximum Gasteiger partial charge on any atom is 0.174 e. The highest BCUT2D eigenvalue weighted by molar-refractivity contribution is 4.83. The molecule has 1 aromatic heterocycles. The minimum atomic E-state index is 0.726. The molecule has 1 aromatic rings. The van der Waals surface area contributed by atoms with Crippen molar-refractivity contribution in [1.82, 2.24) is 30.6 Å². The highest BCUT2D eigenvalue weighted by Crippen LogP contribution is 2.22.